The number of likely N-dealkylation sites (tertiary alicyclic amines) is 1. The zero-order valence-corrected chi connectivity index (χ0v) is 41.3. The molecule has 0 bridgehead atoms. The van der Waals surface area contributed by atoms with Crippen LogP contribution < -0.4 is 56.4 Å². The maximum Gasteiger partial charge on any atom is 1.00 e. The minimum atomic E-state index is -0.614. The SMILES string of the molecule is CCCOCCNc1cc(Nc2cc(C)c3n(c2=O)C2(CCC4(CC4)CC2)NC3=O)ncn1.Cc1ncsc1-c1ccc(CNC(=O)[C@@H]2CCCN2C(=O)CC(C)(C)C)cc1.[CH-]=O.[Na+]. The number of amides is 3. The van der Waals surface area contributed by atoms with Crippen LogP contribution in [0.1, 0.15) is 119 Å². The summed E-state index contributed by atoms with van der Waals surface area (Å²) in [5, 5.41) is 12.6. The molecule has 1 saturated heterocycles. The Hall–Kier alpha value is -4.48. The van der Waals surface area contributed by atoms with Crippen molar-refractivity contribution >= 4 is 53.2 Å². The van der Waals surface area contributed by atoms with Crippen LogP contribution >= 0.6 is 11.3 Å². The molecule has 5 heterocycles. The molecule has 4 N–H and O–H groups in total. The summed E-state index contributed by atoms with van der Waals surface area (Å²) in [6, 6.07) is 11.4. The number of aromatic nitrogens is 4. The maximum atomic E-state index is 13.6. The number of fused-ring (bicyclic) bond motifs is 2. The fraction of sp³-hybridized carbons (Fsp3) is 0.532. The molecular weight excluding hydrogens is 842 g/mol. The molecule has 3 fully saturated rings. The fourth-order valence-corrected chi connectivity index (χ4v) is 9.59. The van der Waals surface area contributed by atoms with E-state index in [1.54, 1.807) is 32.9 Å². The standard InChI is InChI=1S/C24H32N6O3.C22H29N3O2S.CHO.Na/c1-3-11-33-12-10-25-18-14-19(27-15-26-18)28-17-13-16(2)20-21(31)29-24(30(20)22(17)32)8-6-23(4-5-23)7-9-24;1-15-20(28-14-24-15)17-9-7-16(8-10-17)13-23-21(27)18-6-5-11-25(18)19(26)12-22(2,3)4;1-2;/h13-15H,3-12H2,1-2H3,(H,29,31)(H2,25,26,27,28);7-10,14,18H,5-6,11-13H2,1-4H3,(H,23,27);1H;/q;;-1;+1/t;18-;;/m.0../s1. The van der Waals surface area contributed by atoms with E-state index in [1.165, 1.54) is 24.0 Å². The van der Waals surface area contributed by atoms with E-state index in [0.29, 0.717) is 61.1 Å². The van der Waals surface area contributed by atoms with Crippen LogP contribution in [0.2, 0.25) is 0 Å². The summed E-state index contributed by atoms with van der Waals surface area (Å²) in [7, 11) is 0. The van der Waals surface area contributed by atoms with Crippen LogP contribution in [0.25, 0.3) is 10.4 Å². The summed E-state index contributed by atoms with van der Waals surface area (Å²) in [5.41, 5.74) is 6.33. The van der Waals surface area contributed by atoms with Crippen molar-refractivity contribution in [2.75, 3.05) is 36.9 Å². The van der Waals surface area contributed by atoms with Crippen molar-refractivity contribution in [3.8, 4) is 10.4 Å². The number of hydrogen-bond acceptors (Lipinski definition) is 12. The number of benzene rings is 1. The molecule has 0 radical (unpaired) electrons. The van der Waals surface area contributed by atoms with Gasteiger partial charge >= 0.3 is 29.6 Å². The van der Waals surface area contributed by atoms with E-state index in [9.17, 15) is 19.2 Å². The van der Waals surface area contributed by atoms with Gasteiger partial charge in [-0.3, -0.25) is 30.5 Å². The summed E-state index contributed by atoms with van der Waals surface area (Å²) < 4.78 is 7.20. The molecule has 2 aliphatic heterocycles. The van der Waals surface area contributed by atoms with Gasteiger partial charge in [0, 0.05) is 38.7 Å². The number of nitrogens with zero attached hydrogens (tertiary/aromatic N) is 5. The smallest absolute Gasteiger partial charge is 0.545 e. The van der Waals surface area contributed by atoms with Crippen molar-refractivity contribution in [1.82, 2.24) is 35.1 Å². The second kappa shape index (κ2) is 22.1. The van der Waals surface area contributed by atoms with Crippen LogP contribution in [0.5, 0.6) is 0 Å². The summed E-state index contributed by atoms with van der Waals surface area (Å²) >= 11 is 1.63. The summed E-state index contributed by atoms with van der Waals surface area (Å²) in [5.74, 6) is 1.05. The van der Waals surface area contributed by atoms with E-state index in [4.69, 9.17) is 9.53 Å². The number of aryl methyl sites for hydroxylation is 2. The third kappa shape index (κ3) is 12.2. The van der Waals surface area contributed by atoms with Gasteiger partial charge in [0.05, 0.1) is 22.7 Å². The first-order valence-electron chi connectivity index (χ1n) is 22.0. The number of rotatable bonds is 13. The first kappa shape index (κ1) is 50.5. The second-order valence-electron chi connectivity index (χ2n) is 18.3. The van der Waals surface area contributed by atoms with Gasteiger partial charge < -0.3 is 35.7 Å². The quantitative estimate of drug-likeness (QED) is 0.0653. The van der Waals surface area contributed by atoms with Gasteiger partial charge in [-0.15, -0.1) is 11.3 Å². The maximum absolute atomic E-state index is 13.6. The molecule has 0 unspecified atom stereocenters. The Balaban J connectivity index is 0.000000232. The summed E-state index contributed by atoms with van der Waals surface area (Å²) in [6.45, 7) is 18.5. The molecule has 4 aromatic rings. The molecule has 8 rings (SSSR count). The van der Waals surface area contributed by atoms with Gasteiger partial charge in [-0.05, 0) is 105 Å². The van der Waals surface area contributed by atoms with E-state index in [0.717, 1.165) is 73.9 Å². The van der Waals surface area contributed by atoms with Gasteiger partial charge in [-0.2, -0.15) is 0 Å². The molecule has 15 nitrogen and oxygen atoms in total. The van der Waals surface area contributed by atoms with Gasteiger partial charge in [0.2, 0.25) is 11.8 Å². The zero-order valence-electron chi connectivity index (χ0n) is 38.5. The molecule has 2 spiro atoms. The van der Waals surface area contributed by atoms with E-state index < -0.39 is 5.66 Å². The summed E-state index contributed by atoms with van der Waals surface area (Å²) in [4.78, 5) is 75.2. The Kier molecular flexibility index (Phi) is 17.5. The molecule has 2 aliphatic carbocycles. The number of carbonyl (C=O) groups excluding carboxylic acids is 4. The number of thiazole rings is 1. The van der Waals surface area contributed by atoms with Crippen molar-refractivity contribution in [2.24, 2.45) is 10.8 Å². The average molecular weight is 904 g/mol. The topological polar surface area (TPSA) is 190 Å². The second-order valence-corrected chi connectivity index (χ2v) is 19.2. The number of nitrogens with one attached hydrogen (secondary N) is 4. The van der Waals surface area contributed by atoms with Crippen LogP contribution in [0.4, 0.5) is 17.3 Å². The number of pyridine rings is 1. The predicted octanol–water partition coefficient (Wildman–Crippen LogP) is 4.17. The fourth-order valence-electron chi connectivity index (χ4n) is 8.78. The average Bonchev–Trinajstić information content (AvgIpc) is 3.52. The van der Waals surface area contributed by atoms with Gasteiger partial charge in [0.1, 0.15) is 41.0 Å². The molecule has 1 atom stereocenters. The molecule has 4 aliphatic rings. The normalized spacial score (nSPS) is 17.5. The van der Waals surface area contributed by atoms with E-state index in [1.807, 2.05) is 52.3 Å². The number of hydrogen-bond donors (Lipinski definition) is 4. The van der Waals surface area contributed by atoms with E-state index in [-0.39, 0.29) is 64.3 Å². The van der Waals surface area contributed by atoms with Gasteiger partial charge in [0.25, 0.3) is 11.5 Å². The zero-order chi connectivity index (χ0) is 45.4. The number of carbonyl (C=O) groups is 3. The largest absolute Gasteiger partial charge is 1.00 e. The number of anilines is 3. The third-order valence-electron chi connectivity index (χ3n) is 12.3. The van der Waals surface area contributed by atoms with Crippen molar-refractivity contribution in [3.63, 3.8) is 0 Å². The van der Waals surface area contributed by atoms with E-state index in [2.05, 4.69) is 62.1 Å². The Bertz CT molecular complexity index is 2300. The van der Waals surface area contributed by atoms with Crippen LogP contribution in [-0.4, -0.2) is 81.3 Å². The Morgan fingerprint density at radius 2 is 1.66 bits per heavy atom. The minimum absolute atomic E-state index is 0. The Labute approximate surface area is 402 Å². The molecule has 3 aromatic heterocycles. The Morgan fingerprint density at radius 3 is 2.30 bits per heavy atom. The van der Waals surface area contributed by atoms with Crippen LogP contribution in [0, 0.1) is 24.7 Å². The molecule has 64 heavy (non-hydrogen) atoms. The van der Waals surface area contributed by atoms with Crippen molar-refractivity contribution in [3.05, 3.63) is 81.1 Å². The Morgan fingerprint density at radius 1 is 0.969 bits per heavy atom. The number of ether oxygens (including phenoxy) is 1. The van der Waals surface area contributed by atoms with Gasteiger partial charge in [0.15, 0.2) is 0 Å². The molecule has 338 valence electrons. The van der Waals surface area contributed by atoms with Crippen molar-refractivity contribution in [2.45, 2.75) is 124 Å². The third-order valence-corrected chi connectivity index (χ3v) is 13.3. The molecule has 1 aromatic carbocycles. The van der Waals surface area contributed by atoms with Crippen LogP contribution in [-0.2, 0) is 31.3 Å². The predicted molar refractivity (Wildman–Crippen MR) is 246 cm³/mol. The van der Waals surface area contributed by atoms with Crippen LogP contribution in [0.3, 0.4) is 0 Å². The molecule has 3 amide bonds. The van der Waals surface area contributed by atoms with Gasteiger partial charge in [-0.25, -0.2) is 15.0 Å². The monoisotopic (exact) mass is 903 g/mol. The molecular formula is C47H62N9NaO6S. The van der Waals surface area contributed by atoms with E-state index >= 15 is 0 Å². The first-order valence-corrected chi connectivity index (χ1v) is 22.9. The van der Waals surface area contributed by atoms with Gasteiger partial charge in [-0.1, -0.05) is 52.0 Å². The first-order chi connectivity index (χ1) is 30.2. The summed E-state index contributed by atoms with van der Waals surface area (Å²) in [6.07, 6.45) is 10.8. The van der Waals surface area contributed by atoms with Crippen molar-refractivity contribution < 1.29 is 53.5 Å². The molecule has 2 saturated carbocycles. The van der Waals surface area contributed by atoms with Crippen LogP contribution in [0.15, 0.2) is 53.0 Å². The molecule has 17 heteroatoms. The minimum Gasteiger partial charge on any atom is -0.545 e. The van der Waals surface area contributed by atoms with Crippen molar-refractivity contribution in [1.29, 1.82) is 0 Å².